The predicted molar refractivity (Wildman–Crippen MR) is 88.3 cm³/mol. The van der Waals surface area contributed by atoms with Gasteiger partial charge in [-0.25, -0.2) is 0 Å². The summed E-state index contributed by atoms with van der Waals surface area (Å²) < 4.78 is 7.65. The van der Waals surface area contributed by atoms with E-state index in [0.717, 1.165) is 19.4 Å². The Bertz CT molecular complexity index is 718. The molecule has 1 fully saturated rings. The molecule has 6 heteroatoms. The Kier molecular flexibility index (Phi) is 4.80. The highest BCUT2D eigenvalue weighted by Crippen LogP contribution is 2.22. The van der Waals surface area contributed by atoms with Gasteiger partial charge in [0.2, 0.25) is 0 Å². The minimum Gasteiger partial charge on any atom is -0.481 e. The molecule has 0 N–H and O–H groups in total. The number of carbonyl (C=O) groups is 1. The summed E-state index contributed by atoms with van der Waals surface area (Å²) in [6.07, 6.45) is 5.12. The summed E-state index contributed by atoms with van der Waals surface area (Å²) in [7, 11) is 0. The summed E-state index contributed by atoms with van der Waals surface area (Å²) in [5.41, 5.74) is 0.569. The summed E-state index contributed by atoms with van der Waals surface area (Å²) in [4.78, 5) is 14.5. The third-order valence-corrected chi connectivity index (χ3v) is 4.25. The van der Waals surface area contributed by atoms with E-state index in [1.54, 1.807) is 37.4 Å². The number of carbonyl (C=O) groups excluding carboxylic acids is 1. The highest BCUT2D eigenvalue weighted by atomic mass is 16.5. The molecule has 24 heavy (non-hydrogen) atoms. The van der Waals surface area contributed by atoms with E-state index in [2.05, 4.69) is 11.2 Å². The molecule has 2 heterocycles. The van der Waals surface area contributed by atoms with E-state index < -0.39 is 6.10 Å². The van der Waals surface area contributed by atoms with E-state index in [4.69, 9.17) is 10.00 Å². The van der Waals surface area contributed by atoms with Gasteiger partial charge in [0, 0.05) is 25.5 Å². The van der Waals surface area contributed by atoms with Crippen LogP contribution in [0, 0.1) is 11.3 Å². The van der Waals surface area contributed by atoms with Crippen LogP contribution < -0.4 is 4.74 Å². The van der Waals surface area contributed by atoms with Crippen molar-refractivity contribution in [2.75, 3.05) is 13.1 Å². The molecule has 0 bridgehead atoms. The van der Waals surface area contributed by atoms with Crippen molar-refractivity contribution in [1.82, 2.24) is 14.7 Å². The van der Waals surface area contributed by atoms with Crippen molar-refractivity contribution < 1.29 is 9.53 Å². The molecule has 1 aliphatic rings. The second-order valence-electron chi connectivity index (χ2n) is 5.96. The van der Waals surface area contributed by atoms with Crippen molar-refractivity contribution in [1.29, 1.82) is 5.26 Å². The number of piperidine rings is 1. The number of hydrogen-bond donors (Lipinski definition) is 0. The Morgan fingerprint density at radius 2 is 2.21 bits per heavy atom. The third-order valence-electron chi connectivity index (χ3n) is 4.25. The van der Waals surface area contributed by atoms with Crippen LogP contribution in [0.4, 0.5) is 0 Å². The molecular formula is C18H20N4O2. The Morgan fingerprint density at radius 1 is 1.42 bits per heavy atom. The number of aromatic nitrogens is 2. The van der Waals surface area contributed by atoms with Crippen molar-refractivity contribution >= 4 is 5.91 Å². The summed E-state index contributed by atoms with van der Waals surface area (Å²) in [5, 5.41) is 13.1. The molecule has 3 rings (SSSR count). The van der Waals surface area contributed by atoms with Crippen molar-refractivity contribution in [3.8, 4) is 11.8 Å². The molecule has 2 aromatic rings. The smallest absolute Gasteiger partial charge is 0.263 e. The van der Waals surface area contributed by atoms with Gasteiger partial charge in [-0.05, 0) is 50.1 Å². The molecular weight excluding hydrogens is 304 g/mol. The molecule has 1 aliphatic heterocycles. The quantitative estimate of drug-likeness (QED) is 0.866. The lowest BCUT2D eigenvalue weighted by atomic mass is 10.1. The van der Waals surface area contributed by atoms with E-state index in [0.29, 0.717) is 17.9 Å². The number of hydrogen-bond acceptors (Lipinski definition) is 4. The number of likely N-dealkylation sites (tertiary alicyclic amines) is 1. The van der Waals surface area contributed by atoms with E-state index in [-0.39, 0.29) is 11.9 Å². The summed E-state index contributed by atoms with van der Waals surface area (Å²) >= 11 is 0. The van der Waals surface area contributed by atoms with Crippen LogP contribution in [0.25, 0.3) is 0 Å². The van der Waals surface area contributed by atoms with Gasteiger partial charge in [0.1, 0.15) is 5.75 Å². The zero-order chi connectivity index (χ0) is 16.9. The SMILES string of the molecule is C[C@H](Oc1ccc(C#N)cc1)C(=O)N1CCC[C@H](n2cccn2)C1. The number of ether oxygens (including phenoxy) is 1. The van der Waals surface area contributed by atoms with E-state index in [9.17, 15) is 4.79 Å². The van der Waals surface area contributed by atoms with Crippen LogP contribution >= 0.6 is 0 Å². The summed E-state index contributed by atoms with van der Waals surface area (Å²) in [5.74, 6) is 0.576. The van der Waals surface area contributed by atoms with Crippen molar-refractivity contribution in [2.24, 2.45) is 0 Å². The molecule has 0 radical (unpaired) electrons. The number of rotatable bonds is 4. The minimum atomic E-state index is -0.561. The standard InChI is InChI=1S/C18H20N4O2/c1-14(24-17-7-5-15(12-19)6-8-17)18(23)21-10-2-4-16(13-21)22-11-3-9-20-22/h3,5-9,11,14,16H,2,4,10,13H2,1H3/t14-,16-/m0/s1. The number of nitriles is 1. The van der Waals surface area contributed by atoms with Crippen LogP contribution in [0.15, 0.2) is 42.7 Å². The average Bonchev–Trinajstić information content (AvgIpc) is 3.16. The highest BCUT2D eigenvalue weighted by molar-refractivity contribution is 5.81. The molecule has 1 aromatic heterocycles. The molecule has 2 atom stereocenters. The second kappa shape index (κ2) is 7.18. The highest BCUT2D eigenvalue weighted by Gasteiger charge is 2.28. The maximum Gasteiger partial charge on any atom is 0.263 e. The van der Waals surface area contributed by atoms with Crippen LogP contribution in [0.2, 0.25) is 0 Å². The molecule has 124 valence electrons. The van der Waals surface area contributed by atoms with Gasteiger partial charge >= 0.3 is 0 Å². The van der Waals surface area contributed by atoms with Gasteiger partial charge < -0.3 is 9.64 Å². The van der Waals surface area contributed by atoms with Gasteiger partial charge in [0.25, 0.3) is 5.91 Å². The topological polar surface area (TPSA) is 71.2 Å². The fourth-order valence-electron chi connectivity index (χ4n) is 2.99. The second-order valence-corrected chi connectivity index (χ2v) is 5.96. The van der Waals surface area contributed by atoms with E-state index in [1.165, 1.54) is 0 Å². The molecule has 1 aromatic carbocycles. The van der Waals surface area contributed by atoms with Crippen LogP contribution in [0.5, 0.6) is 5.75 Å². The first-order valence-corrected chi connectivity index (χ1v) is 8.12. The Balaban J connectivity index is 1.61. The monoisotopic (exact) mass is 324 g/mol. The van der Waals surface area contributed by atoms with Gasteiger partial charge in [-0.15, -0.1) is 0 Å². The number of nitrogens with zero attached hydrogens (tertiary/aromatic N) is 4. The lowest BCUT2D eigenvalue weighted by molar-refractivity contribution is -0.139. The van der Waals surface area contributed by atoms with Crippen LogP contribution in [-0.4, -0.2) is 39.8 Å². The largest absolute Gasteiger partial charge is 0.481 e. The van der Waals surface area contributed by atoms with Gasteiger partial charge in [0.05, 0.1) is 17.7 Å². The Hall–Kier alpha value is -2.81. The van der Waals surface area contributed by atoms with Crippen LogP contribution in [-0.2, 0) is 4.79 Å². The zero-order valence-corrected chi connectivity index (χ0v) is 13.6. The molecule has 0 saturated carbocycles. The van der Waals surface area contributed by atoms with Crippen molar-refractivity contribution in [3.05, 3.63) is 48.3 Å². The molecule has 1 amide bonds. The van der Waals surface area contributed by atoms with E-state index >= 15 is 0 Å². The van der Waals surface area contributed by atoms with Crippen LogP contribution in [0.3, 0.4) is 0 Å². The van der Waals surface area contributed by atoms with Gasteiger partial charge in [0.15, 0.2) is 6.10 Å². The lowest BCUT2D eigenvalue weighted by Crippen LogP contribution is -2.46. The first-order chi connectivity index (χ1) is 11.7. The maximum absolute atomic E-state index is 12.7. The van der Waals surface area contributed by atoms with Crippen LogP contribution in [0.1, 0.15) is 31.4 Å². The molecule has 0 aliphatic carbocycles. The molecule has 1 saturated heterocycles. The third kappa shape index (κ3) is 3.57. The molecule has 0 unspecified atom stereocenters. The fraction of sp³-hybridized carbons (Fsp3) is 0.389. The first-order valence-electron chi connectivity index (χ1n) is 8.12. The van der Waals surface area contributed by atoms with Gasteiger partial charge in [-0.1, -0.05) is 0 Å². The predicted octanol–water partition coefficient (Wildman–Crippen LogP) is 2.39. The number of amides is 1. The Morgan fingerprint density at radius 3 is 2.88 bits per heavy atom. The van der Waals surface area contributed by atoms with Crippen molar-refractivity contribution in [2.45, 2.75) is 31.9 Å². The first kappa shape index (κ1) is 16.1. The lowest BCUT2D eigenvalue weighted by Gasteiger charge is -2.34. The molecule has 6 nitrogen and oxygen atoms in total. The van der Waals surface area contributed by atoms with Crippen molar-refractivity contribution in [3.63, 3.8) is 0 Å². The van der Waals surface area contributed by atoms with E-state index in [1.807, 2.05) is 21.8 Å². The Labute approximate surface area is 141 Å². The summed E-state index contributed by atoms with van der Waals surface area (Å²) in [6.45, 7) is 3.16. The fourth-order valence-corrected chi connectivity index (χ4v) is 2.99. The minimum absolute atomic E-state index is 0.0174. The number of benzene rings is 1. The normalized spacial score (nSPS) is 18.7. The maximum atomic E-state index is 12.7. The average molecular weight is 324 g/mol. The van der Waals surface area contributed by atoms with Gasteiger partial charge in [-0.2, -0.15) is 10.4 Å². The molecule has 0 spiro atoms. The zero-order valence-electron chi connectivity index (χ0n) is 13.6. The van der Waals surface area contributed by atoms with Gasteiger partial charge in [-0.3, -0.25) is 9.48 Å². The summed E-state index contributed by atoms with van der Waals surface area (Å²) in [6, 6.07) is 11.0.